The van der Waals surface area contributed by atoms with Crippen LogP contribution in [0.25, 0.3) is 17.0 Å². The Morgan fingerprint density at radius 2 is 2.00 bits per heavy atom. The van der Waals surface area contributed by atoms with Gasteiger partial charge in [-0.05, 0) is 18.6 Å². The lowest BCUT2D eigenvalue weighted by atomic mass is 10.3. The highest BCUT2D eigenvalue weighted by Gasteiger charge is 2.19. The SMILES string of the molecule is Cc1ccc(-n2cnc3c(NN)nc(N4CCOCC4)nc32)nc1. The standard InChI is InChI=1S/C15H18N8O/c1-10-2-3-11(17-8-10)23-9-18-12-13(21-16)19-15(20-14(12)23)22-4-6-24-7-5-22/h2-3,8-9H,4-7,16H2,1H3,(H,19,20,21). The Kier molecular flexibility index (Phi) is 3.71. The Balaban J connectivity index is 1.85. The van der Waals surface area contributed by atoms with Gasteiger partial charge in [0, 0.05) is 19.3 Å². The lowest BCUT2D eigenvalue weighted by Crippen LogP contribution is -2.37. The number of nitrogens with two attached hydrogens (primary N) is 1. The molecule has 4 rings (SSSR count). The number of pyridine rings is 1. The van der Waals surface area contributed by atoms with E-state index in [1.807, 2.05) is 29.8 Å². The summed E-state index contributed by atoms with van der Waals surface area (Å²) >= 11 is 0. The fraction of sp³-hybridized carbons (Fsp3) is 0.333. The molecule has 3 N–H and O–H groups in total. The minimum Gasteiger partial charge on any atom is -0.378 e. The molecule has 24 heavy (non-hydrogen) atoms. The van der Waals surface area contributed by atoms with Gasteiger partial charge in [-0.3, -0.25) is 4.57 Å². The first-order chi connectivity index (χ1) is 11.8. The molecular formula is C15H18N8O. The van der Waals surface area contributed by atoms with Crippen molar-refractivity contribution in [2.75, 3.05) is 36.6 Å². The van der Waals surface area contributed by atoms with Gasteiger partial charge in [-0.1, -0.05) is 6.07 Å². The van der Waals surface area contributed by atoms with Crippen molar-refractivity contribution in [1.29, 1.82) is 0 Å². The molecule has 1 saturated heterocycles. The number of hydrazine groups is 1. The summed E-state index contributed by atoms with van der Waals surface area (Å²) in [6.07, 6.45) is 3.49. The van der Waals surface area contributed by atoms with E-state index in [0.29, 0.717) is 36.1 Å². The monoisotopic (exact) mass is 326 g/mol. The van der Waals surface area contributed by atoms with Crippen LogP contribution < -0.4 is 16.2 Å². The number of rotatable bonds is 3. The highest BCUT2D eigenvalue weighted by Crippen LogP contribution is 2.24. The number of morpholine rings is 1. The molecule has 0 saturated carbocycles. The summed E-state index contributed by atoms with van der Waals surface area (Å²) in [5.74, 6) is 7.48. The van der Waals surface area contributed by atoms with Crippen LogP contribution in [0, 0.1) is 6.92 Å². The number of hydrogen-bond acceptors (Lipinski definition) is 8. The molecule has 0 bridgehead atoms. The van der Waals surface area contributed by atoms with Gasteiger partial charge in [0.1, 0.15) is 12.1 Å². The number of aryl methyl sites for hydroxylation is 1. The summed E-state index contributed by atoms with van der Waals surface area (Å²) in [4.78, 5) is 20.1. The van der Waals surface area contributed by atoms with Gasteiger partial charge in [0.05, 0.1) is 13.2 Å². The van der Waals surface area contributed by atoms with Gasteiger partial charge in [-0.25, -0.2) is 15.8 Å². The zero-order valence-electron chi connectivity index (χ0n) is 13.3. The minimum absolute atomic E-state index is 0.493. The third kappa shape index (κ3) is 2.53. The molecule has 0 unspecified atom stereocenters. The highest BCUT2D eigenvalue weighted by atomic mass is 16.5. The van der Waals surface area contributed by atoms with E-state index in [1.54, 1.807) is 6.33 Å². The molecule has 0 aromatic carbocycles. The smallest absolute Gasteiger partial charge is 0.229 e. The van der Waals surface area contributed by atoms with Crippen LogP contribution in [0.1, 0.15) is 5.56 Å². The molecule has 0 atom stereocenters. The highest BCUT2D eigenvalue weighted by molar-refractivity contribution is 5.85. The normalized spacial score (nSPS) is 15.0. The second-order valence-corrected chi connectivity index (χ2v) is 5.60. The molecule has 1 fully saturated rings. The maximum absolute atomic E-state index is 5.63. The van der Waals surface area contributed by atoms with E-state index in [4.69, 9.17) is 15.6 Å². The van der Waals surface area contributed by atoms with Crippen LogP contribution in [0.3, 0.4) is 0 Å². The van der Waals surface area contributed by atoms with E-state index in [2.05, 4.69) is 25.3 Å². The third-order valence-electron chi connectivity index (χ3n) is 3.96. The number of hydrogen-bond donors (Lipinski definition) is 2. The molecule has 124 valence electrons. The second kappa shape index (κ2) is 6.02. The zero-order valence-corrected chi connectivity index (χ0v) is 13.3. The van der Waals surface area contributed by atoms with E-state index in [9.17, 15) is 0 Å². The van der Waals surface area contributed by atoms with Gasteiger partial charge in [-0.2, -0.15) is 9.97 Å². The molecule has 4 heterocycles. The lowest BCUT2D eigenvalue weighted by molar-refractivity contribution is 0.122. The van der Waals surface area contributed by atoms with E-state index in [-0.39, 0.29) is 0 Å². The lowest BCUT2D eigenvalue weighted by Gasteiger charge is -2.27. The van der Waals surface area contributed by atoms with Crippen LogP contribution in [0.2, 0.25) is 0 Å². The molecule has 9 heteroatoms. The Morgan fingerprint density at radius 1 is 1.17 bits per heavy atom. The van der Waals surface area contributed by atoms with Crippen molar-refractivity contribution >= 4 is 22.9 Å². The number of fused-ring (bicyclic) bond motifs is 1. The Morgan fingerprint density at radius 3 is 2.71 bits per heavy atom. The van der Waals surface area contributed by atoms with Crippen molar-refractivity contribution in [2.45, 2.75) is 6.92 Å². The van der Waals surface area contributed by atoms with Crippen molar-refractivity contribution in [1.82, 2.24) is 24.5 Å². The minimum atomic E-state index is 0.493. The summed E-state index contributed by atoms with van der Waals surface area (Å²) in [6.45, 7) is 4.80. The van der Waals surface area contributed by atoms with Crippen LogP contribution in [-0.4, -0.2) is 50.8 Å². The average Bonchev–Trinajstić information content (AvgIpc) is 3.06. The summed E-state index contributed by atoms with van der Waals surface area (Å²) in [5.41, 5.74) is 4.98. The molecule has 0 amide bonds. The van der Waals surface area contributed by atoms with Crippen LogP contribution in [0.4, 0.5) is 11.8 Å². The molecule has 0 radical (unpaired) electrons. The summed E-state index contributed by atoms with van der Waals surface area (Å²) in [6, 6.07) is 3.93. The van der Waals surface area contributed by atoms with Crippen molar-refractivity contribution in [3.63, 3.8) is 0 Å². The maximum Gasteiger partial charge on any atom is 0.229 e. The number of imidazole rings is 1. The maximum atomic E-state index is 5.63. The van der Waals surface area contributed by atoms with Gasteiger partial charge >= 0.3 is 0 Å². The quantitative estimate of drug-likeness (QED) is 0.533. The summed E-state index contributed by atoms with van der Waals surface area (Å²) in [7, 11) is 0. The topological polar surface area (TPSA) is 107 Å². The molecule has 0 aliphatic carbocycles. The summed E-state index contributed by atoms with van der Waals surface area (Å²) in [5, 5.41) is 0. The zero-order chi connectivity index (χ0) is 16.5. The Labute approximate surface area is 138 Å². The van der Waals surface area contributed by atoms with E-state index < -0.39 is 0 Å². The third-order valence-corrected chi connectivity index (χ3v) is 3.96. The van der Waals surface area contributed by atoms with Gasteiger partial charge in [0.25, 0.3) is 0 Å². The molecular weight excluding hydrogens is 308 g/mol. The average molecular weight is 326 g/mol. The van der Waals surface area contributed by atoms with Crippen LogP contribution in [0.15, 0.2) is 24.7 Å². The molecule has 3 aromatic heterocycles. The van der Waals surface area contributed by atoms with E-state index >= 15 is 0 Å². The fourth-order valence-corrected chi connectivity index (χ4v) is 2.66. The van der Waals surface area contributed by atoms with Crippen molar-refractivity contribution in [3.05, 3.63) is 30.2 Å². The Bertz CT molecular complexity index is 854. The fourth-order valence-electron chi connectivity index (χ4n) is 2.66. The summed E-state index contributed by atoms with van der Waals surface area (Å²) < 4.78 is 7.22. The van der Waals surface area contributed by atoms with Crippen LogP contribution in [0.5, 0.6) is 0 Å². The first-order valence-corrected chi connectivity index (χ1v) is 7.73. The number of nitrogens with zero attached hydrogens (tertiary/aromatic N) is 6. The number of aromatic nitrogens is 5. The van der Waals surface area contributed by atoms with Crippen LogP contribution in [-0.2, 0) is 4.74 Å². The largest absolute Gasteiger partial charge is 0.378 e. The number of nitrogen functional groups attached to an aromatic ring is 1. The van der Waals surface area contributed by atoms with E-state index in [1.165, 1.54) is 0 Å². The predicted molar refractivity (Wildman–Crippen MR) is 90.0 cm³/mol. The number of ether oxygens (including phenoxy) is 1. The van der Waals surface area contributed by atoms with Crippen molar-refractivity contribution in [2.24, 2.45) is 5.84 Å². The van der Waals surface area contributed by atoms with Gasteiger partial charge in [-0.15, -0.1) is 0 Å². The first kappa shape index (κ1) is 14.8. The van der Waals surface area contributed by atoms with Crippen molar-refractivity contribution < 1.29 is 4.74 Å². The van der Waals surface area contributed by atoms with E-state index in [0.717, 1.165) is 24.5 Å². The number of nitrogens with one attached hydrogen (secondary N) is 1. The predicted octanol–water partition coefficient (Wildman–Crippen LogP) is 0.641. The Hall–Kier alpha value is -2.78. The van der Waals surface area contributed by atoms with Crippen LogP contribution >= 0.6 is 0 Å². The van der Waals surface area contributed by atoms with Gasteiger partial charge in [0.2, 0.25) is 5.95 Å². The van der Waals surface area contributed by atoms with Gasteiger partial charge in [0.15, 0.2) is 17.0 Å². The molecule has 0 spiro atoms. The molecule has 1 aliphatic heterocycles. The second-order valence-electron chi connectivity index (χ2n) is 5.60. The molecule has 3 aromatic rings. The van der Waals surface area contributed by atoms with Crippen molar-refractivity contribution in [3.8, 4) is 5.82 Å². The first-order valence-electron chi connectivity index (χ1n) is 7.73. The molecule has 9 nitrogen and oxygen atoms in total. The number of anilines is 2. The van der Waals surface area contributed by atoms with Gasteiger partial charge < -0.3 is 15.1 Å². The molecule has 1 aliphatic rings.